The lowest BCUT2D eigenvalue weighted by Gasteiger charge is -2.33. The van der Waals surface area contributed by atoms with Crippen LogP contribution >= 0.6 is 0 Å². The van der Waals surface area contributed by atoms with Gasteiger partial charge in [-0.1, -0.05) is 6.07 Å². The number of hydrogen-bond acceptors (Lipinski definition) is 5. The molecule has 0 radical (unpaired) electrons. The average Bonchev–Trinajstić information content (AvgIpc) is 3.06. The van der Waals surface area contributed by atoms with Crippen molar-refractivity contribution in [2.24, 2.45) is 5.92 Å². The van der Waals surface area contributed by atoms with Crippen LogP contribution < -0.4 is 16.2 Å². The van der Waals surface area contributed by atoms with Crippen LogP contribution in [0.4, 0.5) is 9.18 Å². The van der Waals surface area contributed by atoms with Crippen LogP contribution in [0.3, 0.4) is 0 Å². The SMILES string of the molecule is Cc1c(F)cc2cc1C(C)OC(=O)NCCCOC1CCC3NNC2C3C1. The number of cyclic esters (lactones) is 1. The van der Waals surface area contributed by atoms with Crippen molar-refractivity contribution in [2.75, 3.05) is 13.2 Å². The minimum absolute atomic E-state index is 0.0152. The zero-order chi connectivity index (χ0) is 19.0. The lowest BCUT2D eigenvalue weighted by Crippen LogP contribution is -2.37. The Balaban J connectivity index is 1.69. The molecule has 1 amide bonds. The number of halogens is 1. The third-order valence-electron chi connectivity index (χ3n) is 6.14. The molecule has 1 aromatic carbocycles. The van der Waals surface area contributed by atoms with E-state index in [1.54, 1.807) is 19.9 Å². The van der Waals surface area contributed by atoms with Gasteiger partial charge in [0.05, 0.1) is 12.1 Å². The fourth-order valence-corrected chi connectivity index (χ4v) is 4.60. The normalized spacial score (nSPS) is 34.2. The van der Waals surface area contributed by atoms with Gasteiger partial charge in [-0.05, 0) is 68.2 Å². The van der Waals surface area contributed by atoms with E-state index in [1.807, 2.05) is 6.07 Å². The van der Waals surface area contributed by atoms with E-state index in [-0.39, 0.29) is 18.0 Å². The van der Waals surface area contributed by atoms with Gasteiger partial charge >= 0.3 is 6.09 Å². The Morgan fingerprint density at radius 1 is 1.22 bits per heavy atom. The number of carbonyl (C=O) groups is 1. The molecule has 0 spiro atoms. The summed E-state index contributed by atoms with van der Waals surface area (Å²) in [6, 6.07) is 3.97. The molecule has 0 aromatic heterocycles. The minimum atomic E-state index is -0.523. The van der Waals surface area contributed by atoms with Gasteiger partial charge in [-0.3, -0.25) is 5.43 Å². The molecule has 2 fully saturated rings. The van der Waals surface area contributed by atoms with Gasteiger partial charge in [0.2, 0.25) is 0 Å². The van der Waals surface area contributed by atoms with Crippen LogP contribution in [0.5, 0.6) is 0 Å². The fraction of sp³-hybridized carbons (Fsp3) is 0.650. The second kappa shape index (κ2) is 7.73. The Morgan fingerprint density at radius 2 is 2.07 bits per heavy atom. The number of rotatable bonds is 0. The van der Waals surface area contributed by atoms with Gasteiger partial charge in [-0.25, -0.2) is 14.6 Å². The molecule has 2 aliphatic heterocycles. The van der Waals surface area contributed by atoms with Crippen LogP contribution in [0.1, 0.15) is 61.4 Å². The summed E-state index contributed by atoms with van der Waals surface area (Å²) in [6.45, 7) is 4.63. The Morgan fingerprint density at radius 3 is 2.93 bits per heavy atom. The monoisotopic (exact) mass is 377 g/mol. The van der Waals surface area contributed by atoms with Gasteiger partial charge in [0.15, 0.2) is 0 Å². The summed E-state index contributed by atoms with van der Waals surface area (Å²) < 4.78 is 26.2. The maximum absolute atomic E-state index is 14.7. The van der Waals surface area contributed by atoms with Crippen molar-refractivity contribution in [3.63, 3.8) is 0 Å². The summed E-state index contributed by atoms with van der Waals surface area (Å²) in [6.07, 6.45) is 2.95. The molecule has 1 aromatic rings. The topological polar surface area (TPSA) is 71.6 Å². The van der Waals surface area contributed by atoms with Gasteiger partial charge in [-0.2, -0.15) is 0 Å². The maximum atomic E-state index is 14.7. The van der Waals surface area contributed by atoms with Crippen LogP contribution in [0.2, 0.25) is 0 Å². The molecule has 7 heteroatoms. The van der Waals surface area contributed by atoms with E-state index in [9.17, 15) is 9.18 Å². The number of fused-ring (bicyclic) bond motifs is 4. The summed E-state index contributed by atoms with van der Waals surface area (Å²) in [5.74, 6) is 0.0800. The molecular weight excluding hydrogens is 349 g/mol. The Hall–Kier alpha value is -1.70. The second-order valence-electron chi connectivity index (χ2n) is 7.89. The molecule has 148 valence electrons. The van der Waals surface area contributed by atoms with Crippen molar-refractivity contribution >= 4 is 6.09 Å². The summed E-state index contributed by atoms with van der Waals surface area (Å²) in [7, 11) is 0. The third-order valence-corrected chi connectivity index (χ3v) is 6.14. The molecule has 1 saturated heterocycles. The van der Waals surface area contributed by atoms with E-state index < -0.39 is 12.2 Å². The van der Waals surface area contributed by atoms with E-state index in [0.29, 0.717) is 36.2 Å². The summed E-state index contributed by atoms with van der Waals surface area (Å²) in [5.41, 5.74) is 8.88. The largest absolute Gasteiger partial charge is 0.442 e. The Labute approximate surface area is 159 Å². The van der Waals surface area contributed by atoms with Crippen LogP contribution in [0, 0.1) is 18.7 Å². The van der Waals surface area contributed by atoms with Crippen LogP contribution in [-0.2, 0) is 9.47 Å². The lowest BCUT2D eigenvalue weighted by molar-refractivity contribution is 0.00709. The number of alkyl carbamates (subject to hydrolysis) is 1. The van der Waals surface area contributed by atoms with Crippen molar-refractivity contribution in [1.82, 2.24) is 16.2 Å². The molecule has 3 N–H and O–H groups in total. The quantitative estimate of drug-likeness (QED) is 0.648. The van der Waals surface area contributed by atoms with Crippen LogP contribution in [0.25, 0.3) is 0 Å². The zero-order valence-electron chi connectivity index (χ0n) is 15.9. The van der Waals surface area contributed by atoms with E-state index >= 15 is 0 Å². The number of hydrazine groups is 1. The van der Waals surface area contributed by atoms with E-state index in [0.717, 1.165) is 31.2 Å². The van der Waals surface area contributed by atoms with Crippen molar-refractivity contribution in [1.29, 1.82) is 0 Å². The molecule has 4 bridgehead atoms. The van der Waals surface area contributed by atoms with Gasteiger partial charge in [0.1, 0.15) is 11.9 Å². The van der Waals surface area contributed by atoms with Crippen molar-refractivity contribution < 1.29 is 18.7 Å². The maximum Gasteiger partial charge on any atom is 0.407 e. The van der Waals surface area contributed by atoms with Crippen LogP contribution in [-0.4, -0.2) is 31.4 Å². The third kappa shape index (κ3) is 3.81. The Kier molecular flexibility index (Phi) is 5.34. The lowest BCUT2D eigenvalue weighted by atomic mass is 9.77. The smallest absolute Gasteiger partial charge is 0.407 e. The molecule has 1 saturated carbocycles. The number of carbonyl (C=O) groups excluding carboxylic acids is 1. The fourth-order valence-electron chi connectivity index (χ4n) is 4.60. The van der Waals surface area contributed by atoms with Crippen molar-refractivity contribution in [3.05, 3.63) is 34.6 Å². The highest BCUT2D eigenvalue weighted by Crippen LogP contribution is 2.40. The molecule has 27 heavy (non-hydrogen) atoms. The summed E-state index contributed by atoms with van der Waals surface area (Å²) >= 11 is 0. The van der Waals surface area contributed by atoms with Gasteiger partial charge < -0.3 is 14.8 Å². The van der Waals surface area contributed by atoms with Crippen molar-refractivity contribution in [3.8, 4) is 0 Å². The second-order valence-corrected chi connectivity index (χ2v) is 7.89. The standard InChI is InChI=1S/C20H28FN3O3/c1-11-15-8-13(9-17(11)21)19-16-10-14(4-5-18(16)23-24-19)26-7-3-6-22-20(25)27-12(15)2/h8-9,12,14,16,18-19,23-24H,3-7,10H2,1-2H3,(H,22,25). The van der Waals surface area contributed by atoms with Gasteiger partial charge in [0, 0.05) is 19.2 Å². The number of nitrogens with one attached hydrogen (secondary N) is 3. The first kappa shape index (κ1) is 18.7. The van der Waals surface area contributed by atoms with Gasteiger partial charge in [-0.15, -0.1) is 0 Å². The van der Waals surface area contributed by atoms with E-state index in [2.05, 4.69) is 16.2 Å². The van der Waals surface area contributed by atoms with Crippen LogP contribution in [0.15, 0.2) is 12.1 Å². The predicted molar refractivity (Wildman–Crippen MR) is 98.5 cm³/mol. The summed E-state index contributed by atoms with van der Waals surface area (Å²) in [4.78, 5) is 12.0. The minimum Gasteiger partial charge on any atom is -0.442 e. The molecule has 2 heterocycles. The molecule has 5 atom stereocenters. The molecular formula is C20H28FN3O3. The highest BCUT2D eigenvalue weighted by atomic mass is 19.1. The van der Waals surface area contributed by atoms with E-state index in [1.165, 1.54) is 0 Å². The van der Waals surface area contributed by atoms with Crippen molar-refractivity contribution in [2.45, 2.75) is 63.8 Å². The highest BCUT2D eigenvalue weighted by Gasteiger charge is 2.41. The first-order chi connectivity index (χ1) is 13.0. The molecule has 5 unspecified atom stereocenters. The average molecular weight is 377 g/mol. The highest BCUT2D eigenvalue weighted by molar-refractivity contribution is 5.67. The first-order valence-electron chi connectivity index (χ1n) is 9.90. The number of benzene rings is 1. The Bertz CT molecular complexity index is 714. The zero-order valence-corrected chi connectivity index (χ0v) is 15.9. The number of hydrogen-bond donors (Lipinski definition) is 3. The molecule has 1 aliphatic carbocycles. The first-order valence-corrected chi connectivity index (χ1v) is 9.90. The molecule has 6 nitrogen and oxygen atoms in total. The number of amides is 1. The number of ether oxygens (including phenoxy) is 2. The molecule has 3 aliphatic rings. The predicted octanol–water partition coefficient (Wildman–Crippen LogP) is 3.03. The van der Waals surface area contributed by atoms with Gasteiger partial charge in [0.25, 0.3) is 0 Å². The van der Waals surface area contributed by atoms with E-state index in [4.69, 9.17) is 9.47 Å². The summed E-state index contributed by atoms with van der Waals surface area (Å²) in [5, 5.41) is 2.75. The molecule has 4 rings (SSSR count).